The van der Waals surface area contributed by atoms with E-state index < -0.39 is 5.60 Å². The van der Waals surface area contributed by atoms with E-state index in [4.69, 9.17) is 0 Å². The molecule has 0 aliphatic heterocycles. The van der Waals surface area contributed by atoms with E-state index >= 15 is 0 Å². The van der Waals surface area contributed by atoms with Crippen molar-refractivity contribution < 1.29 is 5.11 Å². The van der Waals surface area contributed by atoms with Gasteiger partial charge >= 0.3 is 0 Å². The van der Waals surface area contributed by atoms with Crippen LogP contribution in [-0.2, 0) is 7.05 Å². The van der Waals surface area contributed by atoms with Crippen LogP contribution in [0, 0.1) is 6.92 Å². The summed E-state index contributed by atoms with van der Waals surface area (Å²) in [5, 5.41) is 17.5. The first kappa shape index (κ1) is 13.2. The first-order chi connectivity index (χ1) is 7.37. The number of nitrogens with zero attached hydrogens (tertiary/aromatic N) is 2. The predicted molar refractivity (Wildman–Crippen MR) is 65.3 cm³/mol. The van der Waals surface area contributed by atoms with Crippen molar-refractivity contribution in [2.75, 3.05) is 6.54 Å². The van der Waals surface area contributed by atoms with E-state index in [0.29, 0.717) is 6.54 Å². The Bertz CT molecular complexity index is 344. The fraction of sp³-hybridized carbons (Fsp3) is 0.750. The van der Waals surface area contributed by atoms with Crippen LogP contribution in [0.15, 0.2) is 6.20 Å². The molecule has 0 radical (unpaired) electrons. The molecule has 92 valence electrons. The van der Waals surface area contributed by atoms with E-state index in [-0.39, 0.29) is 6.04 Å². The van der Waals surface area contributed by atoms with Gasteiger partial charge in [-0.15, -0.1) is 0 Å². The number of aryl methyl sites for hydroxylation is 1. The fourth-order valence-corrected chi connectivity index (χ4v) is 1.55. The van der Waals surface area contributed by atoms with E-state index in [1.54, 1.807) is 0 Å². The number of aromatic nitrogens is 2. The summed E-state index contributed by atoms with van der Waals surface area (Å²) in [7, 11) is 1.94. The highest BCUT2D eigenvalue weighted by atomic mass is 16.3. The van der Waals surface area contributed by atoms with Crippen molar-refractivity contribution in [1.29, 1.82) is 0 Å². The van der Waals surface area contributed by atoms with Crippen LogP contribution in [0.5, 0.6) is 0 Å². The number of aliphatic hydroxyl groups is 1. The van der Waals surface area contributed by atoms with Crippen molar-refractivity contribution in [3.8, 4) is 0 Å². The second-order valence-corrected chi connectivity index (χ2v) is 4.76. The molecule has 0 saturated carbocycles. The maximum Gasteiger partial charge on any atom is 0.0741 e. The van der Waals surface area contributed by atoms with Gasteiger partial charge in [-0.05, 0) is 27.2 Å². The third-order valence-electron chi connectivity index (χ3n) is 3.29. The van der Waals surface area contributed by atoms with Crippen molar-refractivity contribution in [1.82, 2.24) is 15.1 Å². The molecule has 0 fully saturated rings. The average molecular weight is 225 g/mol. The van der Waals surface area contributed by atoms with Crippen LogP contribution in [0.25, 0.3) is 0 Å². The van der Waals surface area contributed by atoms with Gasteiger partial charge in [0.25, 0.3) is 0 Å². The summed E-state index contributed by atoms with van der Waals surface area (Å²) >= 11 is 0. The summed E-state index contributed by atoms with van der Waals surface area (Å²) < 4.78 is 1.87. The molecular formula is C12H23N3O. The Kier molecular flexibility index (Phi) is 4.10. The van der Waals surface area contributed by atoms with Crippen LogP contribution in [0.1, 0.15) is 44.5 Å². The monoisotopic (exact) mass is 225 g/mol. The lowest BCUT2D eigenvalue weighted by atomic mass is 10.0. The van der Waals surface area contributed by atoms with Gasteiger partial charge in [0.1, 0.15) is 0 Å². The Labute approximate surface area is 97.7 Å². The van der Waals surface area contributed by atoms with Crippen molar-refractivity contribution in [3.63, 3.8) is 0 Å². The molecule has 2 unspecified atom stereocenters. The normalized spacial score (nSPS) is 17.1. The van der Waals surface area contributed by atoms with Gasteiger partial charge in [0.05, 0.1) is 11.8 Å². The van der Waals surface area contributed by atoms with Gasteiger partial charge < -0.3 is 10.4 Å². The molecule has 0 bridgehead atoms. The van der Waals surface area contributed by atoms with Gasteiger partial charge in [-0.3, -0.25) is 4.68 Å². The maximum atomic E-state index is 9.91. The largest absolute Gasteiger partial charge is 0.389 e. The lowest BCUT2D eigenvalue weighted by molar-refractivity contribution is 0.0533. The number of nitrogens with one attached hydrogen (secondary N) is 1. The molecule has 0 aliphatic rings. The predicted octanol–water partition coefficient (Wildman–Crippen LogP) is 1.54. The smallest absolute Gasteiger partial charge is 0.0741 e. The zero-order chi connectivity index (χ0) is 12.3. The molecule has 1 rings (SSSR count). The Morgan fingerprint density at radius 1 is 1.62 bits per heavy atom. The molecule has 0 aromatic carbocycles. The van der Waals surface area contributed by atoms with E-state index in [1.807, 2.05) is 31.8 Å². The number of hydrogen-bond donors (Lipinski definition) is 2. The Morgan fingerprint density at radius 2 is 2.25 bits per heavy atom. The van der Waals surface area contributed by atoms with E-state index in [9.17, 15) is 5.11 Å². The molecule has 16 heavy (non-hydrogen) atoms. The van der Waals surface area contributed by atoms with Crippen LogP contribution in [0.4, 0.5) is 0 Å². The molecule has 0 aliphatic carbocycles. The third kappa shape index (κ3) is 3.06. The summed E-state index contributed by atoms with van der Waals surface area (Å²) in [4.78, 5) is 0. The molecule has 2 atom stereocenters. The van der Waals surface area contributed by atoms with Crippen molar-refractivity contribution >= 4 is 0 Å². The maximum absolute atomic E-state index is 9.91. The number of hydrogen-bond acceptors (Lipinski definition) is 3. The third-order valence-corrected chi connectivity index (χ3v) is 3.29. The molecule has 2 N–H and O–H groups in total. The highest BCUT2D eigenvalue weighted by Crippen LogP contribution is 2.17. The van der Waals surface area contributed by atoms with Gasteiger partial charge in [-0.25, -0.2) is 0 Å². The van der Waals surface area contributed by atoms with Crippen molar-refractivity contribution in [2.45, 2.75) is 45.8 Å². The van der Waals surface area contributed by atoms with Crippen LogP contribution >= 0.6 is 0 Å². The van der Waals surface area contributed by atoms with E-state index in [1.165, 1.54) is 5.56 Å². The minimum Gasteiger partial charge on any atom is -0.389 e. The standard InChI is InChI=1S/C12H23N3O/c1-6-12(4,16)8-13-9(2)11-7-14-15(5)10(11)3/h7,9,13,16H,6,8H2,1-5H3. The number of rotatable bonds is 5. The van der Waals surface area contributed by atoms with Crippen LogP contribution in [0.3, 0.4) is 0 Å². The minimum atomic E-state index is -0.635. The highest BCUT2D eigenvalue weighted by Gasteiger charge is 2.19. The molecule has 0 saturated heterocycles. The van der Waals surface area contributed by atoms with Gasteiger partial charge in [-0.2, -0.15) is 5.10 Å². The Hall–Kier alpha value is -0.870. The fourth-order valence-electron chi connectivity index (χ4n) is 1.55. The summed E-state index contributed by atoms with van der Waals surface area (Å²) in [5.74, 6) is 0. The quantitative estimate of drug-likeness (QED) is 0.799. The minimum absolute atomic E-state index is 0.215. The first-order valence-corrected chi connectivity index (χ1v) is 5.81. The van der Waals surface area contributed by atoms with E-state index in [2.05, 4.69) is 24.3 Å². The molecule has 1 aromatic rings. The van der Waals surface area contributed by atoms with E-state index in [0.717, 1.165) is 12.1 Å². The topological polar surface area (TPSA) is 50.1 Å². The molecule has 4 heteroatoms. The van der Waals surface area contributed by atoms with Gasteiger partial charge in [-0.1, -0.05) is 6.92 Å². The molecule has 1 heterocycles. The van der Waals surface area contributed by atoms with Crippen LogP contribution < -0.4 is 5.32 Å². The molecule has 1 aromatic heterocycles. The zero-order valence-corrected chi connectivity index (χ0v) is 10.9. The summed E-state index contributed by atoms with van der Waals surface area (Å²) in [6.45, 7) is 8.58. The molecule has 4 nitrogen and oxygen atoms in total. The molecule has 0 spiro atoms. The van der Waals surface area contributed by atoms with Crippen LogP contribution in [0.2, 0.25) is 0 Å². The lowest BCUT2D eigenvalue weighted by Gasteiger charge is -2.24. The van der Waals surface area contributed by atoms with Gasteiger partial charge in [0.2, 0.25) is 0 Å². The highest BCUT2D eigenvalue weighted by molar-refractivity contribution is 5.19. The summed E-state index contributed by atoms with van der Waals surface area (Å²) in [6.07, 6.45) is 2.63. The second kappa shape index (κ2) is 4.97. The lowest BCUT2D eigenvalue weighted by Crippen LogP contribution is -2.38. The summed E-state index contributed by atoms with van der Waals surface area (Å²) in [6, 6.07) is 0.215. The molecular weight excluding hydrogens is 202 g/mol. The molecule has 0 amide bonds. The summed E-state index contributed by atoms with van der Waals surface area (Å²) in [5.41, 5.74) is 1.72. The van der Waals surface area contributed by atoms with Crippen LogP contribution in [-0.4, -0.2) is 27.0 Å². The average Bonchev–Trinajstić information content (AvgIpc) is 2.57. The second-order valence-electron chi connectivity index (χ2n) is 4.76. The van der Waals surface area contributed by atoms with Gasteiger partial charge in [0, 0.05) is 30.9 Å². The Morgan fingerprint density at radius 3 is 2.69 bits per heavy atom. The zero-order valence-electron chi connectivity index (χ0n) is 10.9. The first-order valence-electron chi connectivity index (χ1n) is 5.81. The van der Waals surface area contributed by atoms with Crippen molar-refractivity contribution in [2.24, 2.45) is 7.05 Å². The van der Waals surface area contributed by atoms with Crippen molar-refractivity contribution in [3.05, 3.63) is 17.5 Å². The Balaban J connectivity index is 2.60. The van der Waals surface area contributed by atoms with Gasteiger partial charge in [0.15, 0.2) is 0 Å². The SMILES string of the molecule is CCC(C)(O)CNC(C)c1cnn(C)c1C.